The Morgan fingerprint density at radius 3 is 2.24 bits per heavy atom. The largest absolute Gasteiger partial charge is 0.398 e. The molecule has 0 fully saturated rings. The van der Waals surface area contributed by atoms with Gasteiger partial charge in [0.1, 0.15) is 11.5 Å². The Morgan fingerprint density at radius 2 is 1.71 bits per heavy atom. The van der Waals surface area contributed by atoms with Gasteiger partial charge in [-0.3, -0.25) is 5.41 Å². The molecule has 0 saturated heterocycles. The van der Waals surface area contributed by atoms with Gasteiger partial charge in [0, 0.05) is 11.3 Å². The molecule has 7 heteroatoms. The molecule has 0 spiro atoms. The zero-order valence-electron chi connectivity index (χ0n) is 11.5. The van der Waals surface area contributed by atoms with Crippen molar-refractivity contribution in [3.63, 3.8) is 0 Å². The fourth-order valence-electron chi connectivity index (χ4n) is 1.89. The van der Waals surface area contributed by atoms with Gasteiger partial charge in [-0.2, -0.15) is 0 Å². The summed E-state index contributed by atoms with van der Waals surface area (Å²) in [7, 11) is 0. The first-order chi connectivity index (χ1) is 8.63. The van der Waals surface area contributed by atoms with E-state index in [1.54, 1.807) is 0 Å². The lowest BCUT2D eigenvalue weighted by molar-refractivity contribution is 1.08. The fraction of sp³-hybridized carbons (Fsp3) is 0.143. The van der Waals surface area contributed by atoms with E-state index in [4.69, 9.17) is 16.9 Å². The van der Waals surface area contributed by atoms with E-state index in [1.807, 2.05) is 43.3 Å². The average Bonchev–Trinajstić information content (AvgIpc) is 2.38. The summed E-state index contributed by atoms with van der Waals surface area (Å²) in [5, 5.41) is 7.58. The highest BCUT2D eigenvalue weighted by Gasteiger charge is 2.09. The number of para-hydroxylation sites is 1. The molecule has 1 heterocycles. The Kier molecular flexibility index (Phi) is 9.81. The summed E-state index contributed by atoms with van der Waals surface area (Å²) >= 11 is 0. The quantitative estimate of drug-likeness (QED) is 0.450. The second-order valence-electron chi connectivity index (χ2n) is 4.06. The molecule has 0 saturated carbocycles. The second-order valence-corrected chi connectivity index (χ2v) is 4.06. The van der Waals surface area contributed by atoms with Crippen molar-refractivity contribution in [3.05, 3.63) is 47.7 Å². The summed E-state index contributed by atoms with van der Waals surface area (Å²) < 4.78 is 0. The number of aryl methyl sites for hydroxylation is 1. The zero-order chi connectivity index (χ0) is 13.1. The third kappa shape index (κ3) is 4.77. The van der Waals surface area contributed by atoms with Crippen molar-refractivity contribution >= 4 is 48.7 Å². The van der Waals surface area contributed by atoms with Gasteiger partial charge in [-0.1, -0.05) is 31.2 Å². The normalized spacial score (nSPS) is 8.81. The number of aromatic nitrogens is 1. The monoisotopic (exact) mass is 348 g/mol. The maximum Gasteiger partial charge on any atom is 0.142 e. The summed E-state index contributed by atoms with van der Waals surface area (Å²) in [6.07, 6.45) is 0.798. The van der Waals surface area contributed by atoms with Crippen molar-refractivity contribution in [3.8, 4) is 11.3 Å². The topological polar surface area (TPSA) is 88.8 Å². The molecule has 2 aromatic rings. The molecule has 21 heavy (non-hydrogen) atoms. The van der Waals surface area contributed by atoms with Crippen LogP contribution in [-0.2, 0) is 6.42 Å². The van der Waals surface area contributed by atoms with Crippen LogP contribution >= 0.6 is 37.2 Å². The molecule has 0 unspecified atom stereocenters. The van der Waals surface area contributed by atoms with Crippen molar-refractivity contribution in [2.75, 3.05) is 5.73 Å². The number of halogens is 3. The van der Waals surface area contributed by atoms with Crippen LogP contribution in [-0.4, -0.2) is 10.8 Å². The van der Waals surface area contributed by atoms with Crippen molar-refractivity contribution in [2.24, 2.45) is 5.73 Å². The van der Waals surface area contributed by atoms with Crippen LogP contribution < -0.4 is 11.5 Å². The first kappa shape index (κ1) is 21.8. The first-order valence-corrected chi connectivity index (χ1v) is 5.82. The number of nitrogen functional groups attached to an aromatic ring is 2. The van der Waals surface area contributed by atoms with E-state index in [1.165, 1.54) is 0 Å². The number of hydrogen-bond acceptors (Lipinski definition) is 3. The molecule has 0 aliphatic rings. The van der Waals surface area contributed by atoms with Crippen LogP contribution in [0.4, 0.5) is 5.69 Å². The summed E-state index contributed by atoms with van der Waals surface area (Å²) in [4.78, 5) is 4.44. The predicted molar refractivity (Wildman–Crippen MR) is 96.2 cm³/mol. The molecule has 1 aromatic carbocycles. The number of benzene rings is 1. The number of nitrogens with zero attached hydrogens (tertiary/aromatic N) is 1. The van der Waals surface area contributed by atoms with Crippen molar-refractivity contribution in [2.45, 2.75) is 13.3 Å². The molecule has 0 bridgehead atoms. The van der Waals surface area contributed by atoms with E-state index in [0.29, 0.717) is 11.4 Å². The minimum atomic E-state index is -0.0109. The number of rotatable bonds is 3. The standard InChI is InChI=1S/C14H16N4.3ClH/c1-2-9-7-8-12(18-13(9)14(16)17)10-5-3-4-6-11(10)15;;;/h3-8H,2,15H2,1H3,(H3,16,17);3*1H. The highest BCUT2D eigenvalue weighted by atomic mass is 35.5. The summed E-state index contributed by atoms with van der Waals surface area (Å²) in [6, 6.07) is 11.4. The van der Waals surface area contributed by atoms with E-state index in [9.17, 15) is 0 Å². The smallest absolute Gasteiger partial charge is 0.142 e. The van der Waals surface area contributed by atoms with Crippen LogP contribution in [0.1, 0.15) is 18.2 Å². The van der Waals surface area contributed by atoms with Gasteiger partial charge in [0.2, 0.25) is 0 Å². The molecule has 0 amide bonds. The predicted octanol–water partition coefficient (Wildman–Crippen LogP) is 3.44. The van der Waals surface area contributed by atoms with Crippen LogP contribution in [0.25, 0.3) is 11.3 Å². The molecule has 0 aliphatic heterocycles. The van der Waals surface area contributed by atoms with Gasteiger partial charge in [-0.15, -0.1) is 37.2 Å². The Balaban J connectivity index is 0. The van der Waals surface area contributed by atoms with E-state index < -0.39 is 0 Å². The van der Waals surface area contributed by atoms with Gasteiger partial charge < -0.3 is 11.5 Å². The number of nitrogens with one attached hydrogen (secondary N) is 1. The number of anilines is 1. The SMILES string of the molecule is CCc1ccc(-c2ccccc2N)nc1C(=N)N.Cl.Cl.Cl. The highest BCUT2D eigenvalue weighted by Crippen LogP contribution is 2.24. The number of hydrogen-bond donors (Lipinski definition) is 3. The molecular weight excluding hydrogens is 331 g/mol. The van der Waals surface area contributed by atoms with Gasteiger partial charge in [-0.25, -0.2) is 4.98 Å². The molecule has 2 rings (SSSR count). The molecular formula is C14H19Cl3N4. The third-order valence-corrected chi connectivity index (χ3v) is 2.85. The van der Waals surface area contributed by atoms with Gasteiger partial charge in [0.25, 0.3) is 0 Å². The van der Waals surface area contributed by atoms with E-state index in [-0.39, 0.29) is 43.1 Å². The molecule has 116 valence electrons. The zero-order valence-corrected chi connectivity index (χ0v) is 13.9. The van der Waals surface area contributed by atoms with E-state index in [2.05, 4.69) is 4.98 Å². The van der Waals surface area contributed by atoms with Crippen LogP contribution in [0.3, 0.4) is 0 Å². The van der Waals surface area contributed by atoms with Gasteiger partial charge >= 0.3 is 0 Å². The summed E-state index contributed by atoms with van der Waals surface area (Å²) in [5.41, 5.74) is 15.3. The number of nitrogens with two attached hydrogens (primary N) is 2. The number of pyridine rings is 1. The molecule has 4 nitrogen and oxygen atoms in total. The third-order valence-electron chi connectivity index (χ3n) is 2.85. The van der Waals surface area contributed by atoms with E-state index in [0.717, 1.165) is 23.2 Å². The number of amidine groups is 1. The average molecular weight is 350 g/mol. The van der Waals surface area contributed by atoms with Crippen molar-refractivity contribution < 1.29 is 0 Å². The molecule has 5 N–H and O–H groups in total. The van der Waals surface area contributed by atoms with Crippen LogP contribution in [0.15, 0.2) is 36.4 Å². The summed E-state index contributed by atoms with van der Waals surface area (Å²) in [5.74, 6) is -0.0109. The van der Waals surface area contributed by atoms with Gasteiger partial charge in [-0.05, 0) is 24.1 Å². The van der Waals surface area contributed by atoms with Crippen molar-refractivity contribution in [1.29, 1.82) is 5.41 Å². The lowest BCUT2D eigenvalue weighted by atomic mass is 10.1. The molecule has 0 aliphatic carbocycles. The second kappa shape index (κ2) is 9.45. The van der Waals surface area contributed by atoms with Crippen molar-refractivity contribution in [1.82, 2.24) is 4.98 Å². The summed E-state index contributed by atoms with van der Waals surface area (Å²) in [6.45, 7) is 2.01. The fourth-order valence-corrected chi connectivity index (χ4v) is 1.89. The molecule has 0 atom stereocenters. The Morgan fingerprint density at radius 1 is 1.10 bits per heavy atom. The maximum absolute atomic E-state index is 7.58. The minimum Gasteiger partial charge on any atom is -0.398 e. The van der Waals surface area contributed by atoms with Crippen LogP contribution in [0.5, 0.6) is 0 Å². The lowest BCUT2D eigenvalue weighted by Gasteiger charge is -2.09. The first-order valence-electron chi connectivity index (χ1n) is 5.82. The van der Waals surface area contributed by atoms with Gasteiger partial charge in [0.05, 0.1) is 5.69 Å². The Bertz CT molecular complexity index is 603. The van der Waals surface area contributed by atoms with Crippen LogP contribution in [0, 0.1) is 5.41 Å². The Hall–Kier alpha value is -1.49. The maximum atomic E-state index is 7.58. The van der Waals surface area contributed by atoms with E-state index >= 15 is 0 Å². The lowest BCUT2D eigenvalue weighted by Crippen LogP contribution is -2.16. The van der Waals surface area contributed by atoms with Crippen LogP contribution in [0.2, 0.25) is 0 Å². The molecule has 0 radical (unpaired) electrons. The highest BCUT2D eigenvalue weighted by molar-refractivity contribution is 5.95. The van der Waals surface area contributed by atoms with Gasteiger partial charge in [0.15, 0.2) is 0 Å². The Labute approximate surface area is 143 Å². The minimum absolute atomic E-state index is 0. The molecule has 1 aromatic heterocycles.